The van der Waals surface area contributed by atoms with Gasteiger partial charge in [-0.05, 0) is 36.2 Å². The van der Waals surface area contributed by atoms with Crippen molar-refractivity contribution in [3.05, 3.63) is 65.5 Å². The molecule has 0 atom stereocenters. The van der Waals surface area contributed by atoms with Gasteiger partial charge in [0, 0.05) is 38.4 Å². The lowest BCUT2D eigenvalue weighted by Gasteiger charge is -2.37. The molecule has 0 aromatic heterocycles. The summed E-state index contributed by atoms with van der Waals surface area (Å²) in [5.41, 5.74) is 0.397. The quantitative estimate of drug-likeness (QED) is 0.797. The summed E-state index contributed by atoms with van der Waals surface area (Å²) in [6, 6.07) is 11.3. The van der Waals surface area contributed by atoms with Crippen LogP contribution in [0.15, 0.2) is 48.5 Å². The molecule has 1 fully saturated rings. The zero-order valence-corrected chi connectivity index (χ0v) is 15.2. The number of urea groups is 1. The molecule has 1 saturated heterocycles. The Morgan fingerprint density at radius 2 is 1.61 bits per heavy atom. The number of nitrogens with one attached hydrogen (secondary N) is 1. The fourth-order valence-corrected chi connectivity index (χ4v) is 3.22. The second kappa shape index (κ2) is 8.50. The maximum Gasteiger partial charge on any atom is 0.418 e. The van der Waals surface area contributed by atoms with Crippen LogP contribution in [0.5, 0.6) is 0 Å². The second-order valence-corrected chi connectivity index (χ2v) is 6.60. The molecule has 0 bridgehead atoms. The van der Waals surface area contributed by atoms with E-state index in [0.29, 0.717) is 39.1 Å². The monoisotopic (exact) mass is 395 g/mol. The number of benzene rings is 2. The summed E-state index contributed by atoms with van der Waals surface area (Å²) in [5, 5.41) is 2.80. The highest BCUT2D eigenvalue weighted by Gasteiger charge is 2.35. The Labute approximate surface area is 160 Å². The van der Waals surface area contributed by atoms with Crippen LogP contribution in [0.2, 0.25) is 0 Å². The average molecular weight is 395 g/mol. The zero-order chi connectivity index (χ0) is 20.1. The molecule has 4 nitrogen and oxygen atoms in total. The van der Waals surface area contributed by atoms with Gasteiger partial charge in [0.25, 0.3) is 0 Å². The van der Waals surface area contributed by atoms with Crippen molar-refractivity contribution in [1.82, 2.24) is 10.2 Å². The molecule has 8 heteroatoms. The molecule has 0 aliphatic carbocycles. The van der Waals surface area contributed by atoms with E-state index in [2.05, 4.69) is 5.32 Å². The van der Waals surface area contributed by atoms with E-state index in [0.717, 1.165) is 11.6 Å². The topological polar surface area (TPSA) is 35.6 Å². The van der Waals surface area contributed by atoms with Gasteiger partial charge in [-0.3, -0.25) is 0 Å². The summed E-state index contributed by atoms with van der Waals surface area (Å²) in [7, 11) is 0. The van der Waals surface area contributed by atoms with Crippen LogP contribution in [0, 0.1) is 5.82 Å². The Morgan fingerprint density at radius 1 is 0.964 bits per heavy atom. The van der Waals surface area contributed by atoms with Gasteiger partial charge in [-0.15, -0.1) is 0 Å². The third-order valence-corrected chi connectivity index (χ3v) is 4.72. The maximum absolute atomic E-state index is 13.2. The smallest absolute Gasteiger partial charge is 0.367 e. The minimum Gasteiger partial charge on any atom is -0.367 e. The van der Waals surface area contributed by atoms with Crippen molar-refractivity contribution in [3.63, 3.8) is 0 Å². The minimum atomic E-state index is -4.41. The van der Waals surface area contributed by atoms with Crippen LogP contribution < -0.4 is 10.2 Å². The predicted molar refractivity (Wildman–Crippen MR) is 98.7 cm³/mol. The van der Waals surface area contributed by atoms with Crippen LogP contribution in [-0.4, -0.2) is 43.7 Å². The van der Waals surface area contributed by atoms with Crippen LogP contribution in [0.3, 0.4) is 0 Å². The summed E-state index contributed by atoms with van der Waals surface area (Å²) in [6.45, 7) is 1.75. The number of rotatable bonds is 4. The summed E-state index contributed by atoms with van der Waals surface area (Å²) in [6.07, 6.45) is -3.84. The van der Waals surface area contributed by atoms with Gasteiger partial charge >= 0.3 is 12.2 Å². The molecule has 0 radical (unpaired) electrons. The lowest BCUT2D eigenvalue weighted by atomic mass is 10.1. The Morgan fingerprint density at radius 3 is 2.25 bits per heavy atom. The van der Waals surface area contributed by atoms with Gasteiger partial charge in [-0.1, -0.05) is 24.3 Å². The van der Waals surface area contributed by atoms with Gasteiger partial charge in [-0.2, -0.15) is 13.2 Å². The molecule has 0 spiro atoms. The molecule has 3 rings (SSSR count). The Balaban J connectivity index is 1.50. The summed E-state index contributed by atoms with van der Waals surface area (Å²) in [5.74, 6) is -0.308. The lowest BCUT2D eigenvalue weighted by Crippen LogP contribution is -2.52. The first kappa shape index (κ1) is 20.0. The van der Waals surface area contributed by atoms with Crippen molar-refractivity contribution < 1.29 is 22.4 Å². The highest BCUT2D eigenvalue weighted by Crippen LogP contribution is 2.36. The van der Waals surface area contributed by atoms with Crippen molar-refractivity contribution in [3.8, 4) is 0 Å². The van der Waals surface area contributed by atoms with Crippen molar-refractivity contribution >= 4 is 11.7 Å². The summed E-state index contributed by atoms with van der Waals surface area (Å²) < 4.78 is 52.4. The van der Waals surface area contributed by atoms with E-state index in [1.807, 2.05) is 0 Å². The Kier molecular flexibility index (Phi) is 6.06. The van der Waals surface area contributed by atoms with Crippen LogP contribution in [0.25, 0.3) is 0 Å². The molecular weight excluding hydrogens is 374 g/mol. The molecule has 1 heterocycles. The van der Waals surface area contributed by atoms with Crippen molar-refractivity contribution in [2.24, 2.45) is 0 Å². The molecule has 2 amide bonds. The van der Waals surface area contributed by atoms with E-state index in [-0.39, 0.29) is 17.5 Å². The van der Waals surface area contributed by atoms with Crippen molar-refractivity contribution in [2.75, 3.05) is 37.6 Å². The molecule has 1 N–H and O–H groups in total. The standard InChI is InChI=1S/C20H21F4N3O/c21-16-7-5-15(6-8-16)9-10-25-19(28)27-13-11-26(12-14-27)18-4-2-1-3-17(18)20(22,23)24/h1-8H,9-14H2,(H,25,28). The number of anilines is 1. The molecule has 2 aromatic rings. The number of piperazine rings is 1. The van der Waals surface area contributed by atoms with Crippen molar-refractivity contribution in [1.29, 1.82) is 0 Å². The molecule has 2 aromatic carbocycles. The third-order valence-electron chi connectivity index (χ3n) is 4.72. The Bertz CT molecular complexity index is 800. The number of hydrogen-bond donors (Lipinski definition) is 1. The first-order chi connectivity index (χ1) is 13.3. The molecule has 0 unspecified atom stereocenters. The number of carbonyl (C=O) groups is 1. The van der Waals surface area contributed by atoms with Gasteiger partial charge in [0.05, 0.1) is 5.56 Å². The molecular formula is C20H21F4N3O. The highest BCUT2D eigenvalue weighted by atomic mass is 19.4. The highest BCUT2D eigenvalue weighted by molar-refractivity contribution is 5.74. The molecule has 0 saturated carbocycles. The van der Waals surface area contributed by atoms with E-state index in [9.17, 15) is 22.4 Å². The van der Waals surface area contributed by atoms with E-state index in [4.69, 9.17) is 0 Å². The number of halogens is 4. The fraction of sp³-hybridized carbons (Fsp3) is 0.350. The largest absolute Gasteiger partial charge is 0.418 e. The Hall–Kier alpha value is -2.77. The zero-order valence-electron chi connectivity index (χ0n) is 15.2. The van der Waals surface area contributed by atoms with E-state index >= 15 is 0 Å². The van der Waals surface area contributed by atoms with Crippen LogP contribution >= 0.6 is 0 Å². The summed E-state index contributed by atoms with van der Waals surface area (Å²) >= 11 is 0. The molecule has 1 aliphatic rings. The van der Waals surface area contributed by atoms with Gasteiger partial charge in [-0.25, -0.2) is 9.18 Å². The van der Waals surface area contributed by atoms with E-state index in [1.54, 1.807) is 28.0 Å². The second-order valence-electron chi connectivity index (χ2n) is 6.60. The van der Waals surface area contributed by atoms with Crippen LogP contribution in [0.4, 0.5) is 28.0 Å². The number of hydrogen-bond acceptors (Lipinski definition) is 2. The number of carbonyl (C=O) groups excluding carboxylic acids is 1. The molecule has 150 valence electrons. The number of nitrogens with zero attached hydrogens (tertiary/aromatic N) is 2. The van der Waals surface area contributed by atoms with Crippen LogP contribution in [0.1, 0.15) is 11.1 Å². The number of para-hydroxylation sites is 1. The molecule has 28 heavy (non-hydrogen) atoms. The average Bonchev–Trinajstić information content (AvgIpc) is 2.69. The first-order valence-electron chi connectivity index (χ1n) is 9.03. The predicted octanol–water partition coefficient (Wildman–Crippen LogP) is 3.92. The summed E-state index contributed by atoms with van der Waals surface area (Å²) in [4.78, 5) is 15.5. The fourth-order valence-electron chi connectivity index (χ4n) is 3.22. The van der Waals surface area contributed by atoms with Gasteiger partial charge < -0.3 is 15.1 Å². The number of alkyl halides is 3. The third kappa shape index (κ3) is 4.94. The van der Waals surface area contributed by atoms with Crippen LogP contribution in [-0.2, 0) is 12.6 Å². The van der Waals surface area contributed by atoms with E-state index < -0.39 is 11.7 Å². The van der Waals surface area contributed by atoms with Gasteiger partial charge in [0.2, 0.25) is 0 Å². The lowest BCUT2D eigenvalue weighted by molar-refractivity contribution is -0.137. The SMILES string of the molecule is O=C(NCCc1ccc(F)cc1)N1CCN(c2ccccc2C(F)(F)F)CC1. The van der Waals surface area contributed by atoms with Crippen molar-refractivity contribution in [2.45, 2.75) is 12.6 Å². The molecule has 1 aliphatic heterocycles. The van der Waals surface area contributed by atoms with E-state index in [1.165, 1.54) is 24.3 Å². The van der Waals surface area contributed by atoms with Gasteiger partial charge in [0.15, 0.2) is 0 Å². The minimum absolute atomic E-state index is 0.145. The van der Waals surface area contributed by atoms with Gasteiger partial charge in [0.1, 0.15) is 5.82 Å². The maximum atomic E-state index is 13.2. The number of amides is 2. The normalized spacial score (nSPS) is 14.9. The first-order valence-corrected chi connectivity index (χ1v) is 9.03.